The number of hydrogen-bond acceptors (Lipinski definition) is 2. The average molecular weight is 270 g/mol. The number of rotatable bonds is 5. The number of nitrogens with one attached hydrogen (secondary N) is 1. The van der Waals surface area contributed by atoms with E-state index in [1.54, 1.807) is 0 Å². The third kappa shape index (κ3) is 2.46. The number of thiocarbonyl (C=S) groups is 1. The first-order chi connectivity index (χ1) is 8.49. The summed E-state index contributed by atoms with van der Waals surface area (Å²) in [5.74, 6) is -1.89. The molecule has 1 aliphatic carbocycles. The number of hydrogen-bond donors (Lipinski definition) is 2. The molecule has 5 heteroatoms. The number of anilines is 1. The van der Waals surface area contributed by atoms with Crippen molar-refractivity contribution in [3.63, 3.8) is 0 Å². The van der Waals surface area contributed by atoms with Gasteiger partial charge in [0.25, 0.3) is 0 Å². The summed E-state index contributed by atoms with van der Waals surface area (Å²) in [5, 5.41) is 2.97. The maximum atomic E-state index is 13.8. The standard InChI is InChI=1S/C13H16F2N2S/c1-2-13(5-6-13)7-17-9-4-3-8(12(16)18)10(14)11(9)15/h3-4,17H,2,5-7H2,1H3,(H2,16,18). The maximum absolute atomic E-state index is 13.8. The average Bonchev–Trinajstić information content (AvgIpc) is 3.11. The van der Waals surface area contributed by atoms with E-state index >= 15 is 0 Å². The maximum Gasteiger partial charge on any atom is 0.182 e. The predicted octanol–water partition coefficient (Wildman–Crippen LogP) is 3.20. The normalized spacial score (nSPS) is 16.4. The molecule has 98 valence electrons. The van der Waals surface area contributed by atoms with E-state index < -0.39 is 11.6 Å². The molecule has 0 spiro atoms. The third-order valence-corrected chi connectivity index (χ3v) is 3.93. The molecule has 2 nitrogen and oxygen atoms in total. The van der Waals surface area contributed by atoms with Crippen molar-refractivity contribution in [2.75, 3.05) is 11.9 Å². The van der Waals surface area contributed by atoms with Gasteiger partial charge in [0.2, 0.25) is 0 Å². The summed E-state index contributed by atoms with van der Waals surface area (Å²) in [4.78, 5) is -0.134. The van der Waals surface area contributed by atoms with Crippen LogP contribution in [0, 0.1) is 17.0 Å². The fourth-order valence-electron chi connectivity index (χ4n) is 1.99. The Morgan fingerprint density at radius 2 is 2.06 bits per heavy atom. The summed E-state index contributed by atoms with van der Waals surface area (Å²) < 4.78 is 27.4. The smallest absolute Gasteiger partial charge is 0.182 e. The van der Waals surface area contributed by atoms with Crippen LogP contribution in [-0.4, -0.2) is 11.5 Å². The van der Waals surface area contributed by atoms with Gasteiger partial charge in [0.15, 0.2) is 11.6 Å². The molecule has 0 heterocycles. The van der Waals surface area contributed by atoms with Gasteiger partial charge in [-0.3, -0.25) is 0 Å². The molecule has 1 aromatic carbocycles. The van der Waals surface area contributed by atoms with Crippen molar-refractivity contribution in [3.8, 4) is 0 Å². The lowest BCUT2D eigenvalue weighted by Crippen LogP contribution is -2.17. The quantitative estimate of drug-likeness (QED) is 0.807. The van der Waals surface area contributed by atoms with Gasteiger partial charge in [0.1, 0.15) is 4.99 Å². The Morgan fingerprint density at radius 1 is 1.39 bits per heavy atom. The minimum atomic E-state index is -0.978. The fourth-order valence-corrected chi connectivity index (χ4v) is 2.15. The molecule has 3 N–H and O–H groups in total. The molecule has 0 aliphatic heterocycles. The second-order valence-electron chi connectivity index (χ2n) is 4.86. The molecule has 0 unspecified atom stereocenters. The summed E-state index contributed by atoms with van der Waals surface area (Å²) in [6.45, 7) is 2.79. The molecular formula is C13H16F2N2S. The van der Waals surface area contributed by atoms with Crippen molar-refractivity contribution >= 4 is 22.9 Å². The zero-order valence-electron chi connectivity index (χ0n) is 10.2. The lowest BCUT2D eigenvalue weighted by atomic mass is 10.0. The van der Waals surface area contributed by atoms with Gasteiger partial charge in [-0.1, -0.05) is 19.1 Å². The van der Waals surface area contributed by atoms with E-state index in [2.05, 4.69) is 24.5 Å². The molecule has 18 heavy (non-hydrogen) atoms. The number of nitrogens with two attached hydrogens (primary N) is 1. The summed E-state index contributed by atoms with van der Waals surface area (Å²) >= 11 is 4.66. The van der Waals surface area contributed by atoms with E-state index in [-0.39, 0.29) is 21.7 Å². The molecule has 2 rings (SSSR count). The summed E-state index contributed by atoms with van der Waals surface area (Å²) in [6.07, 6.45) is 3.34. The minimum Gasteiger partial charge on any atom is -0.389 e. The van der Waals surface area contributed by atoms with E-state index in [1.807, 2.05) is 0 Å². The van der Waals surface area contributed by atoms with E-state index in [1.165, 1.54) is 12.1 Å². The van der Waals surface area contributed by atoms with Gasteiger partial charge in [0, 0.05) is 12.1 Å². The molecular weight excluding hydrogens is 254 g/mol. The second kappa shape index (κ2) is 4.80. The molecule has 0 atom stereocenters. The fraction of sp³-hybridized carbons (Fsp3) is 0.462. The van der Waals surface area contributed by atoms with Gasteiger partial charge >= 0.3 is 0 Å². The highest BCUT2D eigenvalue weighted by molar-refractivity contribution is 7.80. The predicted molar refractivity (Wildman–Crippen MR) is 72.7 cm³/mol. The monoisotopic (exact) mass is 270 g/mol. The first kappa shape index (κ1) is 13.2. The Balaban J connectivity index is 2.14. The minimum absolute atomic E-state index is 0.0512. The zero-order valence-corrected chi connectivity index (χ0v) is 11.0. The van der Waals surface area contributed by atoms with Crippen LogP contribution < -0.4 is 11.1 Å². The van der Waals surface area contributed by atoms with E-state index in [9.17, 15) is 8.78 Å². The molecule has 1 aliphatic rings. The first-order valence-electron chi connectivity index (χ1n) is 6.01. The Morgan fingerprint density at radius 3 is 2.56 bits per heavy atom. The van der Waals surface area contributed by atoms with Gasteiger partial charge in [-0.15, -0.1) is 0 Å². The zero-order chi connectivity index (χ0) is 13.3. The van der Waals surface area contributed by atoms with Crippen LogP contribution in [0.1, 0.15) is 31.7 Å². The van der Waals surface area contributed by atoms with Crippen molar-refractivity contribution in [3.05, 3.63) is 29.3 Å². The van der Waals surface area contributed by atoms with Crippen molar-refractivity contribution in [2.45, 2.75) is 26.2 Å². The Bertz CT molecular complexity index is 484. The SMILES string of the molecule is CCC1(CNc2ccc(C(N)=S)c(F)c2F)CC1. The lowest BCUT2D eigenvalue weighted by molar-refractivity contribution is 0.499. The molecule has 1 fully saturated rings. The van der Waals surface area contributed by atoms with E-state index in [0.717, 1.165) is 19.3 Å². The molecule has 0 amide bonds. The highest BCUT2D eigenvalue weighted by Crippen LogP contribution is 2.48. The van der Waals surface area contributed by atoms with E-state index in [4.69, 9.17) is 5.73 Å². The highest BCUT2D eigenvalue weighted by Gasteiger charge is 2.40. The summed E-state index contributed by atoms with van der Waals surface area (Å²) in [6, 6.07) is 2.90. The number of benzene rings is 1. The van der Waals surface area contributed by atoms with Gasteiger partial charge in [-0.2, -0.15) is 0 Å². The molecule has 0 radical (unpaired) electrons. The lowest BCUT2D eigenvalue weighted by Gasteiger charge is -2.15. The summed E-state index contributed by atoms with van der Waals surface area (Å²) in [7, 11) is 0. The van der Waals surface area contributed by atoms with Crippen LogP contribution in [0.5, 0.6) is 0 Å². The largest absolute Gasteiger partial charge is 0.389 e. The first-order valence-corrected chi connectivity index (χ1v) is 6.41. The molecule has 1 aromatic rings. The molecule has 0 bridgehead atoms. The van der Waals surface area contributed by atoms with Crippen molar-refractivity contribution < 1.29 is 8.78 Å². The van der Waals surface area contributed by atoms with Gasteiger partial charge in [-0.25, -0.2) is 8.78 Å². The number of halogens is 2. The molecule has 1 saturated carbocycles. The Hall–Kier alpha value is -1.23. The van der Waals surface area contributed by atoms with Crippen molar-refractivity contribution in [1.82, 2.24) is 0 Å². The Labute approximate surface area is 111 Å². The van der Waals surface area contributed by atoms with Gasteiger partial charge < -0.3 is 11.1 Å². The topological polar surface area (TPSA) is 38.0 Å². The van der Waals surface area contributed by atoms with Crippen molar-refractivity contribution in [1.29, 1.82) is 0 Å². The van der Waals surface area contributed by atoms with Crippen LogP contribution in [0.25, 0.3) is 0 Å². The van der Waals surface area contributed by atoms with E-state index in [0.29, 0.717) is 6.54 Å². The molecule has 0 saturated heterocycles. The highest BCUT2D eigenvalue weighted by atomic mass is 32.1. The van der Waals surface area contributed by atoms with Crippen LogP contribution in [0.3, 0.4) is 0 Å². The second-order valence-corrected chi connectivity index (χ2v) is 5.30. The van der Waals surface area contributed by atoms with Crippen LogP contribution in [0.15, 0.2) is 12.1 Å². The van der Waals surface area contributed by atoms with Gasteiger partial charge in [-0.05, 0) is 36.8 Å². The molecule has 0 aromatic heterocycles. The van der Waals surface area contributed by atoms with Crippen molar-refractivity contribution in [2.24, 2.45) is 11.1 Å². The third-order valence-electron chi connectivity index (χ3n) is 3.71. The van der Waals surface area contributed by atoms with Crippen LogP contribution >= 0.6 is 12.2 Å². The van der Waals surface area contributed by atoms with Gasteiger partial charge in [0.05, 0.1) is 5.69 Å². The van der Waals surface area contributed by atoms with Crippen LogP contribution in [0.2, 0.25) is 0 Å². The summed E-state index contributed by atoms with van der Waals surface area (Å²) in [5.41, 5.74) is 5.70. The Kier molecular flexibility index (Phi) is 3.52. The van der Waals surface area contributed by atoms with Crippen LogP contribution in [-0.2, 0) is 0 Å². The van der Waals surface area contributed by atoms with Crippen LogP contribution in [0.4, 0.5) is 14.5 Å².